The third kappa shape index (κ3) is 2.93. The van der Waals surface area contributed by atoms with Gasteiger partial charge in [-0.2, -0.15) is 0 Å². The summed E-state index contributed by atoms with van der Waals surface area (Å²) in [5.41, 5.74) is -0.0826. The van der Waals surface area contributed by atoms with E-state index in [-0.39, 0.29) is 12.0 Å². The minimum absolute atomic E-state index is 0.0826. The zero-order chi connectivity index (χ0) is 9.90. The molecule has 3 heteroatoms. The Labute approximate surface area is 80.7 Å². The van der Waals surface area contributed by atoms with E-state index < -0.39 is 0 Å². The van der Waals surface area contributed by atoms with Crippen molar-refractivity contribution in [2.75, 3.05) is 32.9 Å². The van der Waals surface area contributed by atoms with Crippen LogP contribution in [0.3, 0.4) is 0 Å². The summed E-state index contributed by atoms with van der Waals surface area (Å²) in [6.45, 7) is 10.0. The van der Waals surface area contributed by atoms with Gasteiger partial charge in [-0.1, -0.05) is 6.92 Å². The molecule has 0 spiro atoms. The molecule has 3 nitrogen and oxygen atoms in total. The first-order valence-corrected chi connectivity index (χ1v) is 5.00. The van der Waals surface area contributed by atoms with Gasteiger partial charge in [0.1, 0.15) is 0 Å². The van der Waals surface area contributed by atoms with Crippen LogP contribution in [0.15, 0.2) is 0 Å². The molecule has 0 radical (unpaired) electrons. The van der Waals surface area contributed by atoms with Crippen LogP contribution in [-0.4, -0.2) is 49.0 Å². The van der Waals surface area contributed by atoms with Gasteiger partial charge in [0.05, 0.1) is 19.8 Å². The second-order valence-corrected chi connectivity index (χ2v) is 4.59. The molecular formula is C10H21NO2. The van der Waals surface area contributed by atoms with E-state index >= 15 is 0 Å². The summed E-state index contributed by atoms with van der Waals surface area (Å²) in [5.74, 6) is 0. The van der Waals surface area contributed by atoms with Gasteiger partial charge in [-0.25, -0.2) is 0 Å². The van der Waals surface area contributed by atoms with Gasteiger partial charge in [0, 0.05) is 24.5 Å². The number of aliphatic hydroxyl groups is 1. The summed E-state index contributed by atoms with van der Waals surface area (Å²) < 4.78 is 5.48. The van der Waals surface area contributed by atoms with Crippen LogP contribution in [0.2, 0.25) is 0 Å². The molecule has 1 aliphatic heterocycles. The van der Waals surface area contributed by atoms with Crippen LogP contribution in [0, 0.1) is 5.41 Å². The van der Waals surface area contributed by atoms with Gasteiger partial charge >= 0.3 is 0 Å². The zero-order valence-electron chi connectivity index (χ0n) is 8.92. The van der Waals surface area contributed by atoms with Gasteiger partial charge in [-0.15, -0.1) is 0 Å². The minimum atomic E-state index is -0.0826. The van der Waals surface area contributed by atoms with E-state index in [1.807, 2.05) is 0 Å². The molecule has 1 aliphatic rings. The van der Waals surface area contributed by atoms with Crippen LogP contribution in [0.5, 0.6) is 0 Å². The number of ether oxygens (including phenoxy) is 1. The summed E-state index contributed by atoms with van der Waals surface area (Å²) in [6.07, 6.45) is 0. The number of rotatable bonds is 2. The van der Waals surface area contributed by atoms with Crippen LogP contribution in [-0.2, 0) is 4.74 Å². The molecule has 1 heterocycles. The Morgan fingerprint density at radius 1 is 1.54 bits per heavy atom. The standard InChI is InChI=1S/C10H21NO2/c1-9(2)11-4-5-13-8-10(3,6-11)7-12/h9,12H,4-8H2,1-3H3/t10-/m0/s1. The van der Waals surface area contributed by atoms with Gasteiger partial charge in [-0.05, 0) is 13.8 Å². The van der Waals surface area contributed by atoms with Crippen molar-refractivity contribution in [2.24, 2.45) is 5.41 Å². The molecule has 0 aliphatic carbocycles. The average molecular weight is 187 g/mol. The summed E-state index contributed by atoms with van der Waals surface area (Å²) >= 11 is 0. The van der Waals surface area contributed by atoms with Gasteiger partial charge in [0.2, 0.25) is 0 Å². The van der Waals surface area contributed by atoms with Crippen molar-refractivity contribution >= 4 is 0 Å². The average Bonchev–Trinajstić information content (AvgIpc) is 2.28. The lowest BCUT2D eigenvalue weighted by Crippen LogP contribution is -2.42. The van der Waals surface area contributed by atoms with Gasteiger partial charge in [-0.3, -0.25) is 4.90 Å². The molecule has 1 saturated heterocycles. The minimum Gasteiger partial charge on any atom is -0.396 e. The van der Waals surface area contributed by atoms with Crippen LogP contribution in [0.25, 0.3) is 0 Å². The number of hydrogen-bond donors (Lipinski definition) is 1. The first-order valence-electron chi connectivity index (χ1n) is 5.00. The smallest absolute Gasteiger partial charge is 0.0593 e. The first-order chi connectivity index (χ1) is 6.07. The first kappa shape index (κ1) is 11.0. The van der Waals surface area contributed by atoms with E-state index in [2.05, 4.69) is 25.7 Å². The van der Waals surface area contributed by atoms with Gasteiger partial charge in [0.25, 0.3) is 0 Å². The SMILES string of the molecule is CC(C)N1CCOC[C@](C)(CO)C1. The molecule has 0 aromatic carbocycles. The van der Waals surface area contributed by atoms with E-state index in [4.69, 9.17) is 4.74 Å². The predicted octanol–water partition coefficient (Wildman–Crippen LogP) is 0.726. The van der Waals surface area contributed by atoms with Crippen LogP contribution in [0.4, 0.5) is 0 Å². The van der Waals surface area contributed by atoms with E-state index in [9.17, 15) is 5.11 Å². The second-order valence-electron chi connectivity index (χ2n) is 4.59. The molecule has 0 aromatic heterocycles. The Bertz CT molecular complexity index is 161. The maximum Gasteiger partial charge on any atom is 0.0593 e. The molecule has 1 fully saturated rings. The Morgan fingerprint density at radius 2 is 2.23 bits per heavy atom. The normalized spacial score (nSPS) is 32.1. The summed E-state index contributed by atoms with van der Waals surface area (Å²) in [5, 5.41) is 9.27. The van der Waals surface area contributed by atoms with Crippen molar-refractivity contribution in [3.8, 4) is 0 Å². The fraction of sp³-hybridized carbons (Fsp3) is 1.00. The molecule has 13 heavy (non-hydrogen) atoms. The molecule has 0 bridgehead atoms. The van der Waals surface area contributed by atoms with Crippen molar-refractivity contribution in [1.29, 1.82) is 0 Å². The van der Waals surface area contributed by atoms with Gasteiger partial charge in [0.15, 0.2) is 0 Å². The van der Waals surface area contributed by atoms with Crippen LogP contribution < -0.4 is 0 Å². The molecule has 0 amide bonds. The lowest BCUT2D eigenvalue weighted by Gasteiger charge is -2.32. The van der Waals surface area contributed by atoms with E-state index in [1.165, 1.54) is 0 Å². The van der Waals surface area contributed by atoms with Crippen molar-refractivity contribution in [3.05, 3.63) is 0 Å². The van der Waals surface area contributed by atoms with Gasteiger partial charge < -0.3 is 9.84 Å². The molecule has 78 valence electrons. The van der Waals surface area contributed by atoms with Crippen LogP contribution in [0.1, 0.15) is 20.8 Å². The maximum atomic E-state index is 9.27. The Morgan fingerprint density at radius 3 is 2.77 bits per heavy atom. The van der Waals surface area contributed by atoms with E-state index in [1.54, 1.807) is 0 Å². The van der Waals surface area contributed by atoms with Crippen molar-refractivity contribution < 1.29 is 9.84 Å². The highest BCUT2D eigenvalue weighted by atomic mass is 16.5. The summed E-state index contributed by atoms with van der Waals surface area (Å²) in [4.78, 5) is 2.36. The topological polar surface area (TPSA) is 32.7 Å². The molecule has 1 rings (SSSR count). The fourth-order valence-electron chi connectivity index (χ4n) is 1.65. The third-order valence-electron chi connectivity index (χ3n) is 2.67. The molecule has 1 atom stereocenters. The lowest BCUT2D eigenvalue weighted by molar-refractivity contribution is 0.0333. The number of nitrogens with zero attached hydrogens (tertiary/aromatic N) is 1. The maximum absolute atomic E-state index is 9.27. The van der Waals surface area contributed by atoms with E-state index in [0.29, 0.717) is 12.6 Å². The monoisotopic (exact) mass is 187 g/mol. The predicted molar refractivity (Wildman–Crippen MR) is 52.7 cm³/mol. The summed E-state index contributed by atoms with van der Waals surface area (Å²) in [6, 6.07) is 0.535. The summed E-state index contributed by atoms with van der Waals surface area (Å²) in [7, 11) is 0. The second kappa shape index (κ2) is 4.40. The Hall–Kier alpha value is -0.120. The Balaban J connectivity index is 2.59. The molecule has 0 aromatic rings. The Kier molecular flexibility index (Phi) is 3.71. The molecular weight excluding hydrogens is 166 g/mol. The van der Waals surface area contributed by atoms with Crippen molar-refractivity contribution in [2.45, 2.75) is 26.8 Å². The highest BCUT2D eigenvalue weighted by Gasteiger charge is 2.30. The largest absolute Gasteiger partial charge is 0.396 e. The molecule has 1 N–H and O–H groups in total. The fourth-order valence-corrected chi connectivity index (χ4v) is 1.65. The third-order valence-corrected chi connectivity index (χ3v) is 2.67. The quantitative estimate of drug-likeness (QED) is 0.691. The van der Waals surface area contributed by atoms with E-state index in [0.717, 1.165) is 19.7 Å². The molecule has 0 saturated carbocycles. The van der Waals surface area contributed by atoms with Crippen molar-refractivity contribution in [3.63, 3.8) is 0 Å². The highest BCUT2D eigenvalue weighted by molar-refractivity contribution is 4.81. The highest BCUT2D eigenvalue weighted by Crippen LogP contribution is 2.21. The van der Waals surface area contributed by atoms with Crippen molar-refractivity contribution in [1.82, 2.24) is 4.90 Å². The number of aliphatic hydroxyl groups excluding tert-OH is 1. The van der Waals surface area contributed by atoms with Crippen LogP contribution >= 0.6 is 0 Å². The lowest BCUT2D eigenvalue weighted by atomic mass is 9.92. The zero-order valence-corrected chi connectivity index (χ0v) is 8.92. The number of hydrogen-bond acceptors (Lipinski definition) is 3. The molecule has 0 unspecified atom stereocenters.